The quantitative estimate of drug-likeness (QED) is 0.501. The van der Waals surface area contributed by atoms with Gasteiger partial charge in [-0.1, -0.05) is 6.07 Å². The van der Waals surface area contributed by atoms with Gasteiger partial charge in [0.2, 0.25) is 0 Å². The number of nitrogens with zero attached hydrogens (tertiary/aromatic N) is 2. The number of nitrogens with one attached hydrogen (secondary N) is 1. The molecule has 0 bridgehead atoms. The molecule has 0 unspecified atom stereocenters. The molecule has 0 atom stereocenters. The molecule has 9 heteroatoms. The Bertz CT molecular complexity index is 754. The summed E-state index contributed by atoms with van der Waals surface area (Å²) in [7, 11) is 0. The largest absolute Gasteiger partial charge is 0.478 e. The van der Waals surface area contributed by atoms with Crippen LogP contribution in [0.4, 0.5) is 5.69 Å². The van der Waals surface area contributed by atoms with Gasteiger partial charge in [-0.25, -0.2) is 9.78 Å². The minimum Gasteiger partial charge on any atom is -0.478 e. The predicted molar refractivity (Wildman–Crippen MR) is 73.8 cm³/mol. The van der Waals surface area contributed by atoms with Gasteiger partial charge in [-0.2, -0.15) is 0 Å². The van der Waals surface area contributed by atoms with E-state index in [0.29, 0.717) is 5.69 Å². The Balaban J connectivity index is 2.58. The zero-order valence-corrected chi connectivity index (χ0v) is 11.5. The number of carboxylic acids is 1. The average Bonchev–Trinajstić information content (AvgIpc) is 2.37. The summed E-state index contributed by atoms with van der Waals surface area (Å²) in [5.74, 6) is -1.30. The van der Waals surface area contributed by atoms with E-state index in [2.05, 4.69) is 9.97 Å². The smallest absolute Gasteiger partial charge is 0.337 e. The first-order valence-corrected chi connectivity index (χ1v) is 6.46. The van der Waals surface area contributed by atoms with Gasteiger partial charge in [0.15, 0.2) is 5.16 Å². The fraction of sp³-hybridized carbons (Fsp3) is 0.0833. The molecule has 0 aliphatic rings. The standard InChI is InChI=1S/C12H9N3O5S/c1-6-5-9(16)14-12(13-6)21-10-7(11(17)18)3-2-4-8(10)15(19)20/h2-5H,1H3,(H,17,18)(H,13,14,16). The highest BCUT2D eigenvalue weighted by Gasteiger charge is 2.23. The van der Waals surface area contributed by atoms with Crippen LogP contribution in [0, 0.1) is 17.0 Å². The zero-order chi connectivity index (χ0) is 15.6. The lowest BCUT2D eigenvalue weighted by Crippen LogP contribution is -2.09. The maximum atomic E-state index is 11.4. The van der Waals surface area contributed by atoms with Crippen LogP contribution in [0.2, 0.25) is 0 Å². The molecule has 0 saturated carbocycles. The van der Waals surface area contributed by atoms with Crippen LogP contribution in [-0.2, 0) is 0 Å². The molecule has 2 N–H and O–H groups in total. The van der Waals surface area contributed by atoms with Gasteiger partial charge in [0.1, 0.15) is 4.90 Å². The number of aromatic amines is 1. The Morgan fingerprint density at radius 3 is 2.76 bits per heavy atom. The third kappa shape index (κ3) is 3.26. The average molecular weight is 307 g/mol. The van der Waals surface area contributed by atoms with Crippen molar-refractivity contribution in [3.63, 3.8) is 0 Å². The van der Waals surface area contributed by atoms with Crippen molar-refractivity contribution in [2.45, 2.75) is 17.0 Å². The van der Waals surface area contributed by atoms with E-state index in [1.54, 1.807) is 6.92 Å². The minimum absolute atomic E-state index is 0.0799. The number of aromatic nitrogens is 2. The molecule has 0 spiro atoms. The van der Waals surface area contributed by atoms with Crippen molar-refractivity contribution in [2.75, 3.05) is 0 Å². The van der Waals surface area contributed by atoms with Crippen LogP contribution >= 0.6 is 11.8 Å². The summed E-state index contributed by atoms with van der Waals surface area (Å²) in [5.41, 5.74) is -0.570. The number of aryl methyl sites for hydroxylation is 1. The highest BCUT2D eigenvalue weighted by molar-refractivity contribution is 7.99. The van der Waals surface area contributed by atoms with E-state index in [1.807, 2.05) is 0 Å². The van der Waals surface area contributed by atoms with E-state index in [-0.39, 0.29) is 21.3 Å². The summed E-state index contributed by atoms with van der Waals surface area (Å²) >= 11 is 0.737. The molecular weight excluding hydrogens is 298 g/mol. The summed E-state index contributed by atoms with van der Waals surface area (Å²) in [6, 6.07) is 5.01. The molecule has 0 radical (unpaired) electrons. The van der Waals surface area contributed by atoms with Crippen molar-refractivity contribution in [1.82, 2.24) is 9.97 Å². The molecule has 1 heterocycles. The highest BCUT2D eigenvalue weighted by Crippen LogP contribution is 2.35. The molecule has 21 heavy (non-hydrogen) atoms. The lowest BCUT2D eigenvalue weighted by molar-refractivity contribution is -0.387. The van der Waals surface area contributed by atoms with Crippen molar-refractivity contribution in [3.05, 3.63) is 56.0 Å². The summed E-state index contributed by atoms with van der Waals surface area (Å²) in [6.45, 7) is 1.59. The topological polar surface area (TPSA) is 126 Å². The van der Waals surface area contributed by atoms with Gasteiger partial charge in [-0.3, -0.25) is 14.9 Å². The Morgan fingerprint density at radius 1 is 1.48 bits per heavy atom. The van der Waals surface area contributed by atoms with Crippen molar-refractivity contribution in [1.29, 1.82) is 0 Å². The van der Waals surface area contributed by atoms with E-state index in [0.717, 1.165) is 11.8 Å². The van der Waals surface area contributed by atoms with Gasteiger partial charge in [0, 0.05) is 17.8 Å². The van der Waals surface area contributed by atoms with Gasteiger partial charge in [0.05, 0.1) is 10.5 Å². The van der Waals surface area contributed by atoms with Gasteiger partial charge < -0.3 is 10.1 Å². The predicted octanol–water partition coefficient (Wildman–Crippen LogP) is 1.84. The molecule has 0 fully saturated rings. The van der Waals surface area contributed by atoms with Crippen LogP contribution in [-0.4, -0.2) is 26.0 Å². The van der Waals surface area contributed by atoms with Gasteiger partial charge in [-0.05, 0) is 24.8 Å². The summed E-state index contributed by atoms with van der Waals surface area (Å²) < 4.78 is 0. The van der Waals surface area contributed by atoms with Crippen molar-refractivity contribution in [2.24, 2.45) is 0 Å². The van der Waals surface area contributed by atoms with Crippen LogP contribution < -0.4 is 5.56 Å². The number of hydrogen-bond acceptors (Lipinski definition) is 6. The van der Waals surface area contributed by atoms with Gasteiger partial charge in [-0.15, -0.1) is 0 Å². The highest BCUT2D eigenvalue weighted by atomic mass is 32.2. The summed E-state index contributed by atoms with van der Waals surface area (Å²) in [4.78, 5) is 39.3. The zero-order valence-electron chi connectivity index (χ0n) is 10.7. The molecule has 0 aliphatic carbocycles. The fourth-order valence-corrected chi connectivity index (χ4v) is 2.69. The molecule has 108 valence electrons. The molecule has 2 rings (SSSR count). The minimum atomic E-state index is -1.30. The maximum absolute atomic E-state index is 11.4. The van der Waals surface area contributed by atoms with Crippen LogP contribution in [0.3, 0.4) is 0 Å². The van der Waals surface area contributed by atoms with Crippen molar-refractivity contribution >= 4 is 23.4 Å². The van der Waals surface area contributed by atoms with Crippen LogP contribution in [0.1, 0.15) is 16.1 Å². The Labute approximate surface area is 122 Å². The maximum Gasteiger partial charge on any atom is 0.337 e. The first kappa shape index (κ1) is 14.7. The number of rotatable bonds is 4. The van der Waals surface area contributed by atoms with Crippen LogP contribution in [0.5, 0.6) is 0 Å². The number of nitro groups is 1. The van der Waals surface area contributed by atoms with E-state index in [9.17, 15) is 19.7 Å². The number of carboxylic acid groups (broad SMARTS) is 1. The molecule has 0 amide bonds. The van der Waals surface area contributed by atoms with Crippen molar-refractivity contribution < 1.29 is 14.8 Å². The summed E-state index contributed by atoms with van der Waals surface area (Å²) in [6.07, 6.45) is 0. The Morgan fingerprint density at radius 2 is 2.19 bits per heavy atom. The van der Waals surface area contributed by atoms with Gasteiger partial charge in [0.25, 0.3) is 11.2 Å². The lowest BCUT2D eigenvalue weighted by atomic mass is 10.2. The number of aromatic carboxylic acids is 1. The normalized spacial score (nSPS) is 10.3. The third-order valence-corrected chi connectivity index (χ3v) is 3.49. The van der Waals surface area contributed by atoms with E-state index >= 15 is 0 Å². The monoisotopic (exact) mass is 307 g/mol. The molecule has 8 nitrogen and oxygen atoms in total. The third-order valence-electron chi connectivity index (χ3n) is 2.47. The molecule has 1 aromatic heterocycles. The SMILES string of the molecule is Cc1cc(=O)[nH]c(Sc2c(C(=O)O)cccc2[N+](=O)[O-])n1. The molecule has 2 aromatic rings. The fourth-order valence-electron chi connectivity index (χ4n) is 1.64. The van der Waals surface area contributed by atoms with E-state index in [1.165, 1.54) is 24.3 Å². The molecule has 0 aliphatic heterocycles. The first-order chi connectivity index (χ1) is 9.88. The van der Waals surface area contributed by atoms with Crippen LogP contribution in [0.15, 0.2) is 39.1 Å². The Kier molecular flexibility index (Phi) is 4.03. The Hall–Kier alpha value is -2.68. The number of hydrogen-bond donors (Lipinski definition) is 2. The lowest BCUT2D eigenvalue weighted by Gasteiger charge is -2.06. The van der Waals surface area contributed by atoms with Gasteiger partial charge >= 0.3 is 5.97 Å². The summed E-state index contributed by atoms with van der Waals surface area (Å²) in [5, 5.41) is 20.3. The number of carbonyl (C=O) groups is 1. The molecular formula is C12H9N3O5S. The second kappa shape index (κ2) is 5.75. The molecule has 0 saturated heterocycles. The number of benzene rings is 1. The molecule has 1 aromatic carbocycles. The van der Waals surface area contributed by atoms with E-state index in [4.69, 9.17) is 5.11 Å². The first-order valence-electron chi connectivity index (χ1n) is 5.65. The van der Waals surface area contributed by atoms with Crippen LogP contribution in [0.25, 0.3) is 0 Å². The van der Waals surface area contributed by atoms with E-state index < -0.39 is 16.5 Å². The van der Waals surface area contributed by atoms with Crippen molar-refractivity contribution in [3.8, 4) is 0 Å². The number of nitro benzene ring substituents is 1. The second-order valence-electron chi connectivity index (χ2n) is 4.01. The second-order valence-corrected chi connectivity index (χ2v) is 5.01. The number of H-pyrrole nitrogens is 1.